The largest absolute Gasteiger partial charge is 0.472 e. The van der Waals surface area contributed by atoms with Crippen molar-refractivity contribution in [3.05, 3.63) is 60.8 Å². The number of hydrogen-bond donors (Lipinski definition) is 2. The molecule has 58 heavy (non-hydrogen) atoms. The Balaban J connectivity index is 4.22. The van der Waals surface area contributed by atoms with Crippen LogP contribution in [-0.2, 0) is 32.7 Å². The molecule has 9 nitrogen and oxygen atoms in total. The van der Waals surface area contributed by atoms with Gasteiger partial charge in [-0.15, -0.1) is 0 Å². The molecule has 0 saturated heterocycles. The molecule has 10 heteroatoms. The van der Waals surface area contributed by atoms with E-state index in [1.807, 2.05) is 12.2 Å². The van der Waals surface area contributed by atoms with Crippen molar-refractivity contribution in [1.82, 2.24) is 0 Å². The van der Waals surface area contributed by atoms with Gasteiger partial charge in [0, 0.05) is 19.4 Å². The molecular formula is C48H86NO8P. The number of unbranched alkanes of at least 4 members (excludes halogenated alkanes) is 20. The lowest BCUT2D eigenvalue weighted by atomic mass is 10.0. The Morgan fingerprint density at radius 2 is 0.931 bits per heavy atom. The zero-order chi connectivity index (χ0) is 42.5. The minimum absolute atomic E-state index is 0.0430. The molecule has 336 valence electrons. The van der Waals surface area contributed by atoms with Crippen LogP contribution in [0.1, 0.15) is 200 Å². The minimum Gasteiger partial charge on any atom is -0.462 e. The summed E-state index contributed by atoms with van der Waals surface area (Å²) in [6.07, 6.45) is 52.6. The van der Waals surface area contributed by atoms with Crippen LogP contribution in [0.3, 0.4) is 0 Å². The number of hydrogen-bond acceptors (Lipinski definition) is 8. The molecular weight excluding hydrogens is 750 g/mol. The van der Waals surface area contributed by atoms with Crippen molar-refractivity contribution in [3.8, 4) is 0 Å². The van der Waals surface area contributed by atoms with Gasteiger partial charge in [0.2, 0.25) is 0 Å². The molecule has 0 amide bonds. The molecule has 0 aliphatic carbocycles. The van der Waals surface area contributed by atoms with Crippen molar-refractivity contribution in [2.24, 2.45) is 5.73 Å². The Morgan fingerprint density at radius 3 is 1.40 bits per heavy atom. The third-order valence-electron chi connectivity index (χ3n) is 9.67. The summed E-state index contributed by atoms with van der Waals surface area (Å²) in [4.78, 5) is 34.9. The third kappa shape index (κ3) is 43.3. The summed E-state index contributed by atoms with van der Waals surface area (Å²) in [6, 6.07) is 0. The van der Waals surface area contributed by atoms with Gasteiger partial charge in [-0.1, -0.05) is 197 Å². The van der Waals surface area contributed by atoms with E-state index in [-0.39, 0.29) is 32.6 Å². The van der Waals surface area contributed by atoms with Gasteiger partial charge >= 0.3 is 19.8 Å². The molecule has 0 saturated carbocycles. The number of carbonyl (C=O) groups is 2. The first-order valence-corrected chi connectivity index (χ1v) is 24.8. The monoisotopic (exact) mass is 836 g/mol. The molecule has 1 unspecified atom stereocenters. The first-order chi connectivity index (χ1) is 28.3. The third-order valence-corrected chi connectivity index (χ3v) is 10.7. The van der Waals surface area contributed by atoms with Gasteiger partial charge in [0.1, 0.15) is 6.61 Å². The van der Waals surface area contributed by atoms with Crippen molar-refractivity contribution in [1.29, 1.82) is 0 Å². The van der Waals surface area contributed by atoms with Gasteiger partial charge in [-0.2, -0.15) is 0 Å². The standard InChI is InChI=1S/C48H86NO8P/c1-3-5-7-9-11-13-15-17-19-21-23-25-26-28-30-32-34-36-38-40-47(50)54-44-46(45-56-58(52,53)55-43-42-49)57-48(51)41-39-37-35-33-31-29-27-24-22-20-18-16-14-12-10-8-6-4-2/h11,13,17,19,23,25,28,30,34,36,46H,3-10,12,14-16,18,20-22,24,26-27,29,31-33,35,37-45,49H2,1-2H3,(H,52,53)/b13-11+,19-17+,25-23+,30-28+,36-34+/t46-/m1/s1. The second-order valence-corrected chi connectivity index (χ2v) is 16.7. The van der Waals surface area contributed by atoms with Crippen LogP contribution in [0.15, 0.2) is 60.8 Å². The maximum atomic E-state index is 12.6. The normalized spacial score (nSPS) is 13.8. The summed E-state index contributed by atoms with van der Waals surface area (Å²) in [6.45, 7) is 3.64. The van der Waals surface area contributed by atoms with Crippen LogP contribution in [0.5, 0.6) is 0 Å². The molecule has 0 aromatic carbocycles. The number of phosphoric ester groups is 1. The second-order valence-electron chi connectivity index (χ2n) is 15.3. The molecule has 0 rings (SSSR count). The fourth-order valence-corrected chi connectivity index (χ4v) is 6.97. The number of allylic oxidation sites excluding steroid dienone is 10. The number of carbonyl (C=O) groups excluding carboxylic acids is 2. The Morgan fingerprint density at radius 1 is 0.517 bits per heavy atom. The summed E-state index contributed by atoms with van der Waals surface area (Å²) < 4.78 is 32.8. The summed E-state index contributed by atoms with van der Waals surface area (Å²) in [5.41, 5.74) is 5.35. The summed E-state index contributed by atoms with van der Waals surface area (Å²) in [7, 11) is -4.40. The van der Waals surface area contributed by atoms with E-state index in [9.17, 15) is 19.0 Å². The van der Waals surface area contributed by atoms with Gasteiger partial charge in [0.25, 0.3) is 0 Å². The van der Waals surface area contributed by atoms with Gasteiger partial charge in [0.15, 0.2) is 6.10 Å². The van der Waals surface area contributed by atoms with Gasteiger partial charge in [-0.3, -0.25) is 18.6 Å². The Kier molecular flexibility index (Phi) is 42.5. The van der Waals surface area contributed by atoms with Gasteiger partial charge in [0.05, 0.1) is 13.2 Å². The number of rotatable bonds is 43. The maximum Gasteiger partial charge on any atom is 0.472 e. The highest BCUT2D eigenvalue weighted by Gasteiger charge is 2.25. The van der Waals surface area contributed by atoms with E-state index < -0.39 is 32.5 Å². The van der Waals surface area contributed by atoms with Crippen LogP contribution in [0.25, 0.3) is 0 Å². The molecule has 0 bridgehead atoms. The lowest BCUT2D eigenvalue weighted by Gasteiger charge is -2.19. The molecule has 0 spiro atoms. The van der Waals surface area contributed by atoms with Crippen LogP contribution in [0, 0.1) is 0 Å². The van der Waals surface area contributed by atoms with E-state index in [1.54, 1.807) is 0 Å². The lowest BCUT2D eigenvalue weighted by molar-refractivity contribution is -0.161. The average molecular weight is 836 g/mol. The van der Waals surface area contributed by atoms with E-state index in [1.165, 1.54) is 116 Å². The molecule has 2 atom stereocenters. The molecule has 0 aromatic rings. The predicted molar refractivity (Wildman–Crippen MR) is 243 cm³/mol. The van der Waals surface area contributed by atoms with Crippen LogP contribution in [0.2, 0.25) is 0 Å². The zero-order valence-electron chi connectivity index (χ0n) is 37.0. The fourth-order valence-electron chi connectivity index (χ4n) is 6.21. The molecule has 3 N–H and O–H groups in total. The number of ether oxygens (including phenoxy) is 2. The highest BCUT2D eigenvalue weighted by molar-refractivity contribution is 7.47. The summed E-state index contributed by atoms with van der Waals surface area (Å²) >= 11 is 0. The average Bonchev–Trinajstić information content (AvgIpc) is 3.21. The van der Waals surface area contributed by atoms with Crippen LogP contribution >= 0.6 is 7.82 Å². The predicted octanol–water partition coefficient (Wildman–Crippen LogP) is 13.7. The summed E-state index contributed by atoms with van der Waals surface area (Å²) in [5, 5.41) is 0. The fraction of sp³-hybridized carbons (Fsp3) is 0.750. The first-order valence-electron chi connectivity index (χ1n) is 23.3. The van der Waals surface area contributed by atoms with Crippen molar-refractivity contribution >= 4 is 19.8 Å². The molecule has 0 radical (unpaired) electrons. The van der Waals surface area contributed by atoms with Crippen molar-refractivity contribution in [2.45, 2.75) is 206 Å². The van der Waals surface area contributed by atoms with Crippen LogP contribution in [0.4, 0.5) is 0 Å². The number of phosphoric acid groups is 1. The SMILES string of the molecule is CCCCC/C=C/C/C=C/C/C=C/C/C=C/C/C=C/CCC(=O)OC[C@H](COP(=O)(O)OCCN)OC(=O)CCCCCCCCCCCCCCCCCCCC. The van der Waals surface area contributed by atoms with Gasteiger partial charge < -0.3 is 20.1 Å². The lowest BCUT2D eigenvalue weighted by Crippen LogP contribution is -2.29. The van der Waals surface area contributed by atoms with Crippen molar-refractivity contribution < 1.29 is 37.6 Å². The topological polar surface area (TPSA) is 134 Å². The maximum absolute atomic E-state index is 12.6. The molecule has 0 fully saturated rings. The minimum atomic E-state index is -4.40. The van der Waals surface area contributed by atoms with E-state index in [0.29, 0.717) is 12.8 Å². The zero-order valence-corrected chi connectivity index (χ0v) is 37.9. The van der Waals surface area contributed by atoms with E-state index >= 15 is 0 Å². The quantitative estimate of drug-likeness (QED) is 0.0266. The van der Waals surface area contributed by atoms with Gasteiger partial charge in [-0.25, -0.2) is 4.57 Å². The molecule has 0 aliphatic heterocycles. The Bertz CT molecular complexity index is 1130. The number of esters is 2. The van der Waals surface area contributed by atoms with Crippen LogP contribution in [-0.4, -0.2) is 49.3 Å². The smallest absolute Gasteiger partial charge is 0.462 e. The van der Waals surface area contributed by atoms with E-state index in [0.717, 1.165) is 44.9 Å². The first kappa shape index (κ1) is 55.7. The van der Waals surface area contributed by atoms with E-state index in [2.05, 4.69) is 62.5 Å². The highest BCUT2D eigenvalue weighted by Crippen LogP contribution is 2.43. The van der Waals surface area contributed by atoms with Crippen molar-refractivity contribution in [3.63, 3.8) is 0 Å². The second kappa shape index (κ2) is 44.3. The summed E-state index contributed by atoms with van der Waals surface area (Å²) in [5.74, 6) is -0.921. The number of nitrogens with two attached hydrogens (primary N) is 1. The highest BCUT2D eigenvalue weighted by atomic mass is 31.2. The van der Waals surface area contributed by atoms with E-state index in [4.69, 9.17) is 24.3 Å². The van der Waals surface area contributed by atoms with Gasteiger partial charge in [-0.05, 0) is 51.4 Å². The Hall–Kier alpha value is -2.29. The molecule has 0 aliphatic rings. The molecule has 0 heterocycles. The Labute approximate surface area is 355 Å². The van der Waals surface area contributed by atoms with Crippen molar-refractivity contribution in [2.75, 3.05) is 26.4 Å². The molecule has 0 aromatic heterocycles. The van der Waals surface area contributed by atoms with Crippen LogP contribution < -0.4 is 5.73 Å².